The minimum atomic E-state index is 0.543. The van der Waals surface area contributed by atoms with Crippen LogP contribution in [0.5, 0.6) is 0 Å². The molecule has 3 heteroatoms. The molecule has 0 aliphatic heterocycles. The number of hydrogen-bond donors (Lipinski definition) is 1. The predicted molar refractivity (Wildman–Crippen MR) is 89.0 cm³/mol. The third-order valence-corrected chi connectivity index (χ3v) is 6.23. The Labute approximate surface area is 130 Å². The van der Waals surface area contributed by atoms with Crippen LogP contribution in [0.4, 0.5) is 0 Å². The molecule has 1 unspecified atom stereocenters. The second-order valence-electron chi connectivity index (χ2n) is 5.77. The molecule has 0 bridgehead atoms. The first-order chi connectivity index (χ1) is 9.20. The fourth-order valence-electron chi connectivity index (χ4n) is 3.20. The van der Waals surface area contributed by atoms with E-state index in [1.165, 1.54) is 59.2 Å². The largest absolute Gasteiger partial charge is 0.309 e. The van der Waals surface area contributed by atoms with Gasteiger partial charge >= 0.3 is 0 Å². The Morgan fingerprint density at radius 3 is 2.53 bits per heavy atom. The van der Waals surface area contributed by atoms with E-state index in [0.717, 1.165) is 12.5 Å². The summed E-state index contributed by atoms with van der Waals surface area (Å²) in [6.07, 6.45) is 9.96. The zero-order valence-electron chi connectivity index (χ0n) is 12.2. The predicted octanol–water partition coefficient (Wildman–Crippen LogP) is 5.83. The van der Waals surface area contributed by atoms with E-state index in [9.17, 15) is 0 Å². The second kappa shape index (κ2) is 7.80. The number of thiophene rings is 1. The molecule has 1 aromatic rings. The van der Waals surface area contributed by atoms with Crippen molar-refractivity contribution < 1.29 is 0 Å². The Kier molecular flexibility index (Phi) is 6.37. The van der Waals surface area contributed by atoms with Crippen molar-refractivity contribution in [1.82, 2.24) is 5.32 Å². The van der Waals surface area contributed by atoms with Crippen molar-refractivity contribution in [2.24, 2.45) is 5.92 Å². The van der Waals surface area contributed by atoms with Crippen molar-refractivity contribution in [3.63, 3.8) is 0 Å². The van der Waals surface area contributed by atoms with Gasteiger partial charge in [-0.05, 0) is 47.8 Å². The molecular formula is C16H26BrNS. The number of rotatable bonds is 5. The summed E-state index contributed by atoms with van der Waals surface area (Å²) in [5.74, 6) is 0.917. The minimum Gasteiger partial charge on any atom is -0.309 e. The van der Waals surface area contributed by atoms with Crippen LogP contribution in [-0.2, 0) is 0 Å². The van der Waals surface area contributed by atoms with Crippen molar-refractivity contribution >= 4 is 27.3 Å². The summed E-state index contributed by atoms with van der Waals surface area (Å²) >= 11 is 5.69. The van der Waals surface area contributed by atoms with Crippen LogP contribution in [-0.4, -0.2) is 6.54 Å². The molecule has 19 heavy (non-hydrogen) atoms. The Morgan fingerprint density at radius 2 is 2.00 bits per heavy atom. The first kappa shape index (κ1) is 15.5. The molecule has 1 N–H and O–H groups in total. The molecule has 1 aliphatic rings. The molecule has 0 saturated heterocycles. The standard InChI is InChI=1S/C16H26BrNS/c1-3-18-15(16-14(17)10-12(2)19-16)11-13-8-6-4-5-7-9-13/h10,13,15,18H,3-9,11H2,1-2H3. The van der Waals surface area contributed by atoms with Gasteiger partial charge in [0.2, 0.25) is 0 Å². The van der Waals surface area contributed by atoms with Gasteiger partial charge in [0.1, 0.15) is 0 Å². The van der Waals surface area contributed by atoms with Gasteiger partial charge in [-0.1, -0.05) is 45.4 Å². The number of aryl methyl sites for hydroxylation is 1. The van der Waals surface area contributed by atoms with Gasteiger partial charge < -0.3 is 5.32 Å². The van der Waals surface area contributed by atoms with Crippen molar-refractivity contribution in [3.8, 4) is 0 Å². The molecular weight excluding hydrogens is 318 g/mol. The molecule has 2 rings (SSSR count). The monoisotopic (exact) mass is 343 g/mol. The highest BCUT2D eigenvalue weighted by molar-refractivity contribution is 9.10. The van der Waals surface area contributed by atoms with E-state index in [1.807, 2.05) is 11.3 Å². The zero-order chi connectivity index (χ0) is 13.7. The summed E-state index contributed by atoms with van der Waals surface area (Å²) in [6.45, 7) is 5.48. The molecule has 1 fully saturated rings. The van der Waals surface area contributed by atoms with E-state index in [0.29, 0.717) is 6.04 Å². The quantitative estimate of drug-likeness (QED) is 0.663. The summed E-state index contributed by atoms with van der Waals surface area (Å²) in [5.41, 5.74) is 0. The molecule has 1 atom stereocenters. The summed E-state index contributed by atoms with van der Waals surface area (Å²) in [7, 11) is 0. The Balaban J connectivity index is 2.04. The average Bonchev–Trinajstić information content (AvgIpc) is 2.58. The first-order valence-corrected chi connectivity index (χ1v) is 9.31. The van der Waals surface area contributed by atoms with Crippen molar-refractivity contribution in [2.75, 3.05) is 6.54 Å². The van der Waals surface area contributed by atoms with Gasteiger partial charge in [0.25, 0.3) is 0 Å². The lowest BCUT2D eigenvalue weighted by Crippen LogP contribution is -2.23. The minimum absolute atomic E-state index is 0.543. The van der Waals surface area contributed by atoms with Gasteiger partial charge in [-0.15, -0.1) is 11.3 Å². The molecule has 1 saturated carbocycles. The van der Waals surface area contributed by atoms with Crippen molar-refractivity contribution in [1.29, 1.82) is 0 Å². The van der Waals surface area contributed by atoms with Crippen LogP contribution in [0.3, 0.4) is 0 Å². The van der Waals surface area contributed by atoms with Crippen molar-refractivity contribution in [2.45, 2.75) is 64.8 Å². The van der Waals surface area contributed by atoms with Crippen LogP contribution in [0.2, 0.25) is 0 Å². The Hall–Kier alpha value is 0.140. The van der Waals surface area contributed by atoms with E-state index in [1.54, 1.807) is 0 Å². The lowest BCUT2D eigenvalue weighted by molar-refractivity contribution is 0.362. The van der Waals surface area contributed by atoms with Gasteiger partial charge in [-0.3, -0.25) is 0 Å². The maximum atomic E-state index is 3.74. The molecule has 1 nitrogen and oxygen atoms in total. The fourth-order valence-corrected chi connectivity index (χ4v) is 5.22. The van der Waals surface area contributed by atoms with Crippen LogP contribution < -0.4 is 5.32 Å². The van der Waals surface area contributed by atoms with Crippen LogP contribution in [0.15, 0.2) is 10.5 Å². The topological polar surface area (TPSA) is 12.0 Å². The molecule has 0 aromatic carbocycles. The number of nitrogens with one attached hydrogen (secondary N) is 1. The van der Waals surface area contributed by atoms with Crippen LogP contribution in [0.25, 0.3) is 0 Å². The number of halogens is 1. The fraction of sp³-hybridized carbons (Fsp3) is 0.750. The third kappa shape index (κ3) is 4.57. The van der Waals surface area contributed by atoms with Crippen LogP contribution >= 0.6 is 27.3 Å². The lowest BCUT2D eigenvalue weighted by atomic mass is 9.92. The Bertz CT molecular complexity index is 380. The molecule has 1 aromatic heterocycles. The molecule has 0 spiro atoms. The third-order valence-electron chi connectivity index (χ3n) is 4.15. The second-order valence-corrected chi connectivity index (χ2v) is 7.92. The lowest BCUT2D eigenvalue weighted by Gasteiger charge is -2.23. The van der Waals surface area contributed by atoms with E-state index in [4.69, 9.17) is 0 Å². The van der Waals surface area contributed by atoms with E-state index in [2.05, 4.69) is 41.2 Å². The average molecular weight is 344 g/mol. The molecule has 0 radical (unpaired) electrons. The zero-order valence-corrected chi connectivity index (χ0v) is 14.6. The summed E-state index contributed by atoms with van der Waals surface area (Å²) < 4.78 is 1.30. The highest BCUT2D eigenvalue weighted by Crippen LogP contribution is 2.37. The van der Waals surface area contributed by atoms with E-state index >= 15 is 0 Å². The van der Waals surface area contributed by atoms with Gasteiger partial charge in [0, 0.05) is 20.3 Å². The van der Waals surface area contributed by atoms with Gasteiger partial charge in [0.05, 0.1) is 0 Å². The Morgan fingerprint density at radius 1 is 1.32 bits per heavy atom. The maximum Gasteiger partial charge on any atom is 0.0428 e. The highest BCUT2D eigenvalue weighted by Gasteiger charge is 2.21. The summed E-state index contributed by atoms with van der Waals surface area (Å²) in [4.78, 5) is 2.91. The van der Waals surface area contributed by atoms with Crippen LogP contribution in [0.1, 0.15) is 67.7 Å². The highest BCUT2D eigenvalue weighted by atomic mass is 79.9. The van der Waals surface area contributed by atoms with Gasteiger partial charge in [0.15, 0.2) is 0 Å². The first-order valence-electron chi connectivity index (χ1n) is 7.70. The molecule has 1 aliphatic carbocycles. The summed E-state index contributed by atoms with van der Waals surface area (Å²) in [6, 6.07) is 2.80. The molecule has 108 valence electrons. The van der Waals surface area contributed by atoms with E-state index in [-0.39, 0.29) is 0 Å². The van der Waals surface area contributed by atoms with E-state index < -0.39 is 0 Å². The smallest absolute Gasteiger partial charge is 0.0428 e. The van der Waals surface area contributed by atoms with Crippen molar-refractivity contribution in [3.05, 3.63) is 20.3 Å². The molecule has 0 amide bonds. The SMILES string of the molecule is CCNC(CC1CCCCCC1)c1sc(C)cc1Br. The van der Waals surface area contributed by atoms with Crippen LogP contribution in [0, 0.1) is 12.8 Å². The van der Waals surface area contributed by atoms with Gasteiger partial charge in [-0.2, -0.15) is 0 Å². The molecule has 1 heterocycles. The number of hydrogen-bond acceptors (Lipinski definition) is 2. The maximum absolute atomic E-state index is 3.74. The summed E-state index contributed by atoms with van der Waals surface area (Å²) in [5, 5.41) is 3.70. The normalized spacial score (nSPS) is 19.3. The van der Waals surface area contributed by atoms with Gasteiger partial charge in [-0.25, -0.2) is 0 Å².